The maximum atomic E-state index is 11.2. The van der Waals surface area contributed by atoms with Crippen molar-refractivity contribution in [3.8, 4) is 11.5 Å². The highest BCUT2D eigenvalue weighted by atomic mass is 16.5. The average molecular weight is 342 g/mol. The van der Waals surface area contributed by atoms with Crippen LogP contribution in [0.5, 0.6) is 11.5 Å². The van der Waals surface area contributed by atoms with Crippen LogP contribution < -0.4 is 4.74 Å². The van der Waals surface area contributed by atoms with Crippen molar-refractivity contribution in [1.82, 2.24) is 9.78 Å². The second kappa shape index (κ2) is 8.19. The van der Waals surface area contributed by atoms with Crippen molar-refractivity contribution in [1.29, 1.82) is 0 Å². The second-order valence-electron chi connectivity index (χ2n) is 6.75. The molecule has 25 heavy (non-hydrogen) atoms. The number of ether oxygens (including phenoxy) is 1. The maximum Gasteiger partial charge on any atom is 0.157 e. The van der Waals surface area contributed by atoms with Crippen molar-refractivity contribution in [2.75, 3.05) is 6.61 Å². The fraction of sp³-hybridized carbons (Fsp3) is 0.500. The Bertz CT molecular complexity index is 711. The van der Waals surface area contributed by atoms with Crippen LogP contribution in [0.15, 0.2) is 30.5 Å². The van der Waals surface area contributed by atoms with E-state index in [1.807, 2.05) is 6.20 Å². The normalized spacial score (nSPS) is 20.4. The van der Waals surface area contributed by atoms with Gasteiger partial charge in [-0.1, -0.05) is 25.8 Å². The van der Waals surface area contributed by atoms with E-state index in [2.05, 4.69) is 22.8 Å². The van der Waals surface area contributed by atoms with Gasteiger partial charge in [-0.15, -0.1) is 0 Å². The van der Waals surface area contributed by atoms with Gasteiger partial charge in [-0.3, -0.25) is 9.48 Å². The topological polar surface area (TPSA) is 64.3 Å². The molecule has 1 fully saturated rings. The minimum absolute atomic E-state index is 0.0336. The van der Waals surface area contributed by atoms with Gasteiger partial charge in [0.2, 0.25) is 0 Å². The van der Waals surface area contributed by atoms with Gasteiger partial charge in [0.1, 0.15) is 11.5 Å². The highest BCUT2D eigenvalue weighted by molar-refractivity contribution is 5.83. The molecule has 1 aliphatic rings. The molecule has 3 rings (SSSR count). The van der Waals surface area contributed by atoms with Crippen LogP contribution in [0.1, 0.15) is 61.0 Å². The zero-order chi connectivity index (χ0) is 17.6. The van der Waals surface area contributed by atoms with E-state index in [1.54, 1.807) is 12.1 Å². The Kier molecular flexibility index (Phi) is 5.74. The standard InChI is InChI=1S/C20H26N2O3/c1-2-12-22-18(10-11-21-22)16-7-4-3-6-15(16)14-25-20-9-5-8-19(24)17(20)13-23/h5,8-11,13,15-16,24H,2-4,6-7,12,14H2,1H3. The summed E-state index contributed by atoms with van der Waals surface area (Å²) < 4.78 is 8.07. The van der Waals surface area contributed by atoms with Gasteiger partial charge < -0.3 is 9.84 Å². The smallest absolute Gasteiger partial charge is 0.157 e. The molecule has 2 atom stereocenters. The number of rotatable bonds is 7. The Hall–Kier alpha value is -2.30. The van der Waals surface area contributed by atoms with Crippen molar-refractivity contribution < 1.29 is 14.6 Å². The van der Waals surface area contributed by atoms with Gasteiger partial charge in [0, 0.05) is 30.3 Å². The Morgan fingerprint density at radius 3 is 2.96 bits per heavy atom. The summed E-state index contributed by atoms with van der Waals surface area (Å²) in [6, 6.07) is 7.07. The molecule has 1 aromatic carbocycles. The number of carbonyl (C=O) groups is 1. The fourth-order valence-electron chi connectivity index (χ4n) is 3.83. The van der Waals surface area contributed by atoms with Crippen LogP contribution >= 0.6 is 0 Å². The first kappa shape index (κ1) is 17.5. The molecule has 1 saturated carbocycles. The van der Waals surface area contributed by atoms with Crippen molar-refractivity contribution in [3.05, 3.63) is 41.7 Å². The summed E-state index contributed by atoms with van der Waals surface area (Å²) in [5.41, 5.74) is 1.52. The number of aromatic hydroxyl groups is 1. The van der Waals surface area contributed by atoms with E-state index in [9.17, 15) is 9.90 Å². The van der Waals surface area contributed by atoms with Crippen LogP contribution in [0.25, 0.3) is 0 Å². The van der Waals surface area contributed by atoms with E-state index in [0.29, 0.717) is 30.5 Å². The third-order valence-corrected chi connectivity index (χ3v) is 5.09. The molecule has 0 aliphatic heterocycles. The molecule has 134 valence electrons. The van der Waals surface area contributed by atoms with Gasteiger partial charge in [0.15, 0.2) is 6.29 Å². The number of carbonyl (C=O) groups excluding carboxylic acids is 1. The first-order valence-corrected chi connectivity index (χ1v) is 9.16. The molecule has 0 spiro atoms. The van der Waals surface area contributed by atoms with Crippen LogP contribution in [-0.2, 0) is 6.54 Å². The largest absolute Gasteiger partial charge is 0.507 e. The quantitative estimate of drug-likeness (QED) is 0.767. The van der Waals surface area contributed by atoms with Gasteiger partial charge in [0.25, 0.3) is 0 Å². The summed E-state index contributed by atoms with van der Waals surface area (Å²) in [5.74, 6) is 1.25. The van der Waals surface area contributed by atoms with Crippen LogP contribution in [0.4, 0.5) is 0 Å². The lowest BCUT2D eigenvalue weighted by Gasteiger charge is -2.32. The van der Waals surface area contributed by atoms with E-state index >= 15 is 0 Å². The lowest BCUT2D eigenvalue weighted by Crippen LogP contribution is -2.26. The zero-order valence-electron chi connectivity index (χ0n) is 14.7. The van der Waals surface area contributed by atoms with E-state index in [0.717, 1.165) is 25.8 Å². The molecular formula is C20H26N2O3. The third-order valence-electron chi connectivity index (χ3n) is 5.09. The Labute approximate surface area is 148 Å². The molecule has 1 aromatic heterocycles. The first-order valence-electron chi connectivity index (χ1n) is 9.16. The molecule has 0 radical (unpaired) electrons. The summed E-state index contributed by atoms with van der Waals surface area (Å²) in [7, 11) is 0. The molecule has 0 bridgehead atoms. The molecular weight excluding hydrogens is 316 g/mol. The number of benzene rings is 1. The lowest BCUT2D eigenvalue weighted by atomic mass is 9.78. The number of nitrogens with zero attached hydrogens (tertiary/aromatic N) is 2. The molecule has 5 heteroatoms. The summed E-state index contributed by atoms with van der Waals surface area (Å²) in [6.07, 6.45) is 8.28. The number of hydrogen-bond donors (Lipinski definition) is 1. The van der Waals surface area contributed by atoms with E-state index < -0.39 is 0 Å². The Morgan fingerprint density at radius 2 is 2.16 bits per heavy atom. The first-order chi connectivity index (χ1) is 12.2. The zero-order valence-corrected chi connectivity index (χ0v) is 14.7. The second-order valence-corrected chi connectivity index (χ2v) is 6.75. The van der Waals surface area contributed by atoms with Gasteiger partial charge >= 0.3 is 0 Å². The highest BCUT2D eigenvalue weighted by Gasteiger charge is 2.29. The van der Waals surface area contributed by atoms with E-state index in [4.69, 9.17) is 4.74 Å². The molecule has 5 nitrogen and oxygen atoms in total. The van der Waals surface area contributed by atoms with Gasteiger partial charge in [-0.2, -0.15) is 5.10 Å². The third kappa shape index (κ3) is 3.86. The summed E-state index contributed by atoms with van der Waals surface area (Å²) in [6.45, 7) is 3.65. The number of aryl methyl sites for hydroxylation is 1. The predicted octanol–water partition coefficient (Wildman–Crippen LogP) is 4.16. The molecule has 1 heterocycles. The van der Waals surface area contributed by atoms with E-state index in [1.165, 1.54) is 24.6 Å². The van der Waals surface area contributed by atoms with Gasteiger partial charge in [-0.05, 0) is 37.5 Å². The van der Waals surface area contributed by atoms with Crippen molar-refractivity contribution in [2.45, 2.75) is 51.5 Å². The molecule has 1 N–H and O–H groups in total. The average Bonchev–Trinajstić information content (AvgIpc) is 3.08. The minimum Gasteiger partial charge on any atom is -0.507 e. The van der Waals surface area contributed by atoms with Crippen LogP contribution in [-0.4, -0.2) is 27.8 Å². The van der Waals surface area contributed by atoms with Crippen molar-refractivity contribution in [3.63, 3.8) is 0 Å². The predicted molar refractivity (Wildman–Crippen MR) is 96.2 cm³/mol. The van der Waals surface area contributed by atoms with Crippen molar-refractivity contribution >= 4 is 6.29 Å². The van der Waals surface area contributed by atoms with Gasteiger partial charge in [-0.25, -0.2) is 0 Å². The Morgan fingerprint density at radius 1 is 1.32 bits per heavy atom. The lowest BCUT2D eigenvalue weighted by molar-refractivity contribution is 0.111. The van der Waals surface area contributed by atoms with Crippen LogP contribution in [0, 0.1) is 5.92 Å². The number of phenols is 1. The van der Waals surface area contributed by atoms with Crippen LogP contribution in [0.2, 0.25) is 0 Å². The number of aromatic nitrogens is 2. The Balaban J connectivity index is 1.75. The number of aldehydes is 1. The summed E-state index contributed by atoms with van der Waals surface area (Å²) >= 11 is 0. The molecule has 2 unspecified atom stereocenters. The molecule has 0 saturated heterocycles. The highest BCUT2D eigenvalue weighted by Crippen LogP contribution is 2.38. The van der Waals surface area contributed by atoms with Gasteiger partial charge in [0.05, 0.1) is 12.2 Å². The maximum absolute atomic E-state index is 11.2. The van der Waals surface area contributed by atoms with E-state index in [-0.39, 0.29) is 11.3 Å². The monoisotopic (exact) mass is 342 g/mol. The number of phenolic OH excluding ortho intramolecular Hbond substituents is 1. The summed E-state index contributed by atoms with van der Waals surface area (Å²) in [4.78, 5) is 11.2. The molecule has 0 amide bonds. The number of hydrogen-bond acceptors (Lipinski definition) is 4. The molecule has 2 aromatic rings. The molecule has 1 aliphatic carbocycles. The fourth-order valence-corrected chi connectivity index (χ4v) is 3.83. The summed E-state index contributed by atoms with van der Waals surface area (Å²) in [5, 5.41) is 14.3. The van der Waals surface area contributed by atoms with Crippen molar-refractivity contribution in [2.24, 2.45) is 5.92 Å². The van der Waals surface area contributed by atoms with Crippen LogP contribution in [0.3, 0.4) is 0 Å². The SMILES string of the molecule is CCCn1nccc1C1CCCCC1COc1cccc(O)c1C=O. The minimum atomic E-state index is -0.0336.